The highest BCUT2D eigenvalue weighted by molar-refractivity contribution is 5.75. The van der Waals surface area contributed by atoms with Crippen molar-refractivity contribution in [1.29, 1.82) is 0 Å². The van der Waals surface area contributed by atoms with Crippen LogP contribution in [0.3, 0.4) is 0 Å². The van der Waals surface area contributed by atoms with Gasteiger partial charge in [-0.3, -0.25) is 4.79 Å². The fourth-order valence-electron chi connectivity index (χ4n) is 4.57. The van der Waals surface area contributed by atoms with E-state index in [0.717, 1.165) is 32.1 Å². The molecule has 82 valence electrons. The number of carboxylic acids is 1. The molecule has 4 fully saturated rings. The van der Waals surface area contributed by atoms with Crippen molar-refractivity contribution >= 4 is 5.97 Å². The van der Waals surface area contributed by atoms with Crippen LogP contribution in [0, 0.1) is 22.2 Å². The summed E-state index contributed by atoms with van der Waals surface area (Å²) >= 11 is 0. The minimum atomic E-state index is -0.704. The van der Waals surface area contributed by atoms with E-state index >= 15 is 0 Å². The lowest BCUT2D eigenvalue weighted by Gasteiger charge is -2.57. The molecule has 0 spiro atoms. The number of nitrogens with zero attached hydrogens (tertiary/aromatic N) is 1. The van der Waals surface area contributed by atoms with Crippen LogP contribution in [0.5, 0.6) is 0 Å². The summed E-state index contributed by atoms with van der Waals surface area (Å²) in [7, 11) is 0. The van der Waals surface area contributed by atoms with Crippen molar-refractivity contribution in [3.05, 3.63) is 4.91 Å². The third-order valence-electron chi connectivity index (χ3n) is 4.68. The Labute approximate surface area is 88.0 Å². The van der Waals surface area contributed by atoms with Crippen LogP contribution in [0.1, 0.15) is 38.5 Å². The largest absolute Gasteiger partial charge is 0.481 e. The molecule has 0 aromatic heterocycles. The van der Waals surface area contributed by atoms with Crippen molar-refractivity contribution in [3.63, 3.8) is 0 Å². The van der Waals surface area contributed by atoms with Gasteiger partial charge in [-0.15, -0.1) is 0 Å². The summed E-state index contributed by atoms with van der Waals surface area (Å²) < 4.78 is 0. The molecule has 4 saturated carbocycles. The van der Waals surface area contributed by atoms with Crippen LogP contribution in [-0.4, -0.2) is 16.6 Å². The Morgan fingerprint density at radius 3 is 2.27 bits per heavy atom. The summed E-state index contributed by atoms with van der Waals surface area (Å²) in [6.45, 7) is 0. The molecule has 4 atom stereocenters. The van der Waals surface area contributed by atoms with Crippen LogP contribution in [0.25, 0.3) is 0 Å². The normalized spacial score (nSPS) is 51.7. The molecular weight excluding hydrogens is 194 g/mol. The number of hydrogen-bond acceptors (Lipinski definition) is 3. The fraction of sp³-hybridized carbons (Fsp3) is 0.909. The molecular formula is C11H15NO3. The van der Waals surface area contributed by atoms with Gasteiger partial charge in [0.25, 0.3) is 0 Å². The van der Waals surface area contributed by atoms with Crippen molar-refractivity contribution in [2.75, 3.05) is 0 Å². The lowest BCUT2D eigenvalue weighted by Crippen LogP contribution is -2.57. The summed E-state index contributed by atoms with van der Waals surface area (Å²) in [6, 6.07) is 0. The van der Waals surface area contributed by atoms with E-state index < -0.39 is 16.9 Å². The Balaban J connectivity index is 2.02. The molecule has 0 saturated heterocycles. The maximum atomic E-state index is 11.4. The van der Waals surface area contributed by atoms with Crippen LogP contribution < -0.4 is 0 Å². The molecule has 4 aliphatic rings. The zero-order valence-corrected chi connectivity index (χ0v) is 8.61. The smallest absolute Gasteiger partial charge is 0.309 e. The summed E-state index contributed by atoms with van der Waals surface area (Å²) in [5, 5.41) is 12.6. The molecule has 4 heteroatoms. The van der Waals surface area contributed by atoms with E-state index in [1.807, 2.05) is 0 Å². The van der Waals surface area contributed by atoms with E-state index in [1.54, 1.807) is 0 Å². The van der Waals surface area contributed by atoms with E-state index in [-0.39, 0.29) is 0 Å². The van der Waals surface area contributed by atoms with Crippen molar-refractivity contribution in [2.24, 2.45) is 22.4 Å². The minimum Gasteiger partial charge on any atom is -0.481 e. The van der Waals surface area contributed by atoms with Gasteiger partial charge in [-0.2, -0.15) is 4.91 Å². The zero-order valence-electron chi connectivity index (χ0n) is 8.61. The van der Waals surface area contributed by atoms with Gasteiger partial charge in [0, 0.05) is 0 Å². The summed E-state index contributed by atoms with van der Waals surface area (Å²) in [6.07, 6.45) is 4.83. The molecule has 0 amide bonds. The van der Waals surface area contributed by atoms with E-state index in [9.17, 15) is 14.8 Å². The fourth-order valence-corrected chi connectivity index (χ4v) is 4.57. The van der Waals surface area contributed by atoms with Gasteiger partial charge in [-0.05, 0) is 50.4 Å². The van der Waals surface area contributed by atoms with Crippen LogP contribution in [0.2, 0.25) is 0 Å². The predicted octanol–water partition coefficient (Wildman–Crippen LogP) is 2.18. The first-order valence-corrected chi connectivity index (χ1v) is 5.65. The number of nitroso groups, excluding NO2 is 1. The van der Waals surface area contributed by atoms with Crippen LogP contribution >= 0.6 is 0 Å². The highest BCUT2D eigenvalue weighted by Crippen LogP contribution is 2.62. The predicted molar refractivity (Wildman–Crippen MR) is 53.3 cm³/mol. The van der Waals surface area contributed by atoms with Crippen molar-refractivity contribution in [3.8, 4) is 0 Å². The highest BCUT2D eigenvalue weighted by atomic mass is 16.4. The average Bonchev–Trinajstić information content (AvgIpc) is 2.15. The first-order valence-electron chi connectivity index (χ1n) is 5.65. The Bertz CT molecular complexity index is 325. The number of carbonyl (C=O) groups is 1. The number of aliphatic carboxylic acids is 1. The maximum Gasteiger partial charge on any atom is 0.309 e. The molecule has 2 unspecified atom stereocenters. The van der Waals surface area contributed by atoms with Gasteiger partial charge in [0.05, 0.1) is 5.41 Å². The van der Waals surface area contributed by atoms with Crippen molar-refractivity contribution < 1.29 is 9.90 Å². The number of rotatable bonds is 2. The molecule has 0 radical (unpaired) electrons. The Hall–Kier alpha value is -0.930. The van der Waals surface area contributed by atoms with Crippen LogP contribution in [0.15, 0.2) is 5.18 Å². The summed E-state index contributed by atoms with van der Waals surface area (Å²) in [5.41, 5.74) is -1.14. The molecule has 4 nitrogen and oxygen atoms in total. The third-order valence-corrected chi connectivity index (χ3v) is 4.68. The van der Waals surface area contributed by atoms with Gasteiger partial charge in [0.1, 0.15) is 5.54 Å². The van der Waals surface area contributed by atoms with Crippen LogP contribution in [0.4, 0.5) is 0 Å². The van der Waals surface area contributed by atoms with Gasteiger partial charge in [0.15, 0.2) is 0 Å². The number of hydrogen-bond donors (Lipinski definition) is 1. The van der Waals surface area contributed by atoms with Crippen molar-refractivity contribution in [1.82, 2.24) is 0 Å². The van der Waals surface area contributed by atoms with E-state index in [2.05, 4.69) is 5.18 Å². The summed E-state index contributed by atoms with van der Waals surface area (Å²) in [4.78, 5) is 22.3. The molecule has 0 aliphatic heterocycles. The van der Waals surface area contributed by atoms with E-state index in [0.29, 0.717) is 18.3 Å². The first-order chi connectivity index (χ1) is 7.07. The lowest BCUT2D eigenvalue weighted by molar-refractivity contribution is -0.166. The quantitative estimate of drug-likeness (QED) is 0.709. The minimum absolute atomic E-state index is 0.431. The number of carboxylic acid groups (broad SMARTS) is 1. The molecule has 0 aromatic carbocycles. The molecule has 4 bridgehead atoms. The standard InChI is InChI=1S/C11H15NO3/c13-9(14)10-2-7-1-8(3-10)5-11(4-7,6-10)12-15/h7-8H,1-6H2,(H,13,14)/t7-,8+,10?,11?. The van der Waals surface area contributed by atoms with Gasteiger partial charge < -0.3 is 5.11 Å². The molecule has 0 aromatic rings. The average molecular weight is 209 g/mol. The van der Waals surface area contributed by atoms with E-state index in [4.69, 9.17) is 0 Å². The molecule has 15 heavy (non-hydrogen) atoms. The van der Waals surface area contributed by atoms with Gasteiger partial charge in [-0.25, -0.2) is 0 Å². The molecule has 0 heterocycles. The Morgan fingerprint density at radius 2 is 1.80 bits per heavy atom. The van der Waals surface area contributed by atoms with Gasteiger partial charge >= 0.3 is 5.97 Å². The Morgan fingerprint density at radius 1 is 1.20 bits per heavy atom. The van der Waals surface area contributed by atoms with Crippen LogP contribution in [-0.2, 0) is 4.79 Å². The molecule has 4 aliphatic carbocycles. The van der Waals surface area contributed by atoms with Gasteiger partial charge in [0.2, 0.25) is 0 Å². The maximum absolute atomic E-state index is 11.4. The Kier molecular flexibility index (Phi) is 1.61. The second-order valence-electron chi connectivity index (χ2n) is 5.86. The van der Waals surface area contributed by atoms with Gasteiger partial charge in [-0.1, -0.05) is 5.18 Å². The monoisotopic (exact) mass is 209 g/mol. The second-order valence-corrected chi connectivity index (χ2v) is 5.86. The zero-order chi connectivity index (χ0) is 10.7. The highest BCUT2D eigenvalue weighted by Gasteiger charge is 2.61. The van der Waals surface area contributed by atoms with E-state index in [1.165, 1.54) is 0 Å². The first kappa shape index (κ1) is 9.31. The second kappa shape index (κ2) is 2.60. The lowest BCUT2D eigenvalue weighted by atomic mass is 9.47. The van der Waals surface area contributed by atoms with Crippen molar-refractivity contribution in [2.45, 2.75) is 44.1 Å². The third kappa shape index (κ3) is 1.11. The summed E-state index contributed by atoms with van der Waals surface area (Å²) in [5.74, 6) is 0.157. The molecule has 4 rings (SSSR count). The SMILES string of the molecule is O=NC12C[C@H]3C[C@@H](C1)CC(C(=O)O)(C3)C2. The molecule has 1 N–H and O–H groups in total. The topological polar surface area (TPSA) is 66.7 Å².